The molecule has 37 heavy (non-hydrogen) atoms. The zero-order valence-electron chi connectivity index (χ0n) is 21.9. The zero-order chi connectivity index (χ0) is 25.1. The summed E-state index contributed by atoms with van der Waals surface area (Å²) in [7, 11) is 2.08. The van der Waals surface area contributed by atoms with Gasteiger partial charge in [0.15, 0.2) is 0 Å². The van der Waals surface area contributed by atoms with E-state index in [4.69, 9.17) is 4.98 Å². The molecule has 0 unspecified atom stereocenters. The summed E-state index contributed by atoms with van der Waals surface area (Å²) in [6.07, 6.45) is 13.1. The minimum atomic E-state index is 0. The van der Waals surface area contributed by atoms with E-state index < -0.39 is 0 Å². The van der Waals surface area contributed by atoms with Crippen molar-refractivity contribution in [3.8, 4) is 11.4 Å². The predicted molar refractivity (Wildman–Crippen MR) is 151 cm³/mol. The summed E-state index contributed by atoms with van der Waals surface area (Å²) in [6.45, 7) is 6.87. The summed E-state index contributed by atoms with van der Waals surface area (Å²) < 4.78 is 4.30. The maximum Gasteiger partial charge on any atom is 0.139 e. The van der Waals surface area contributed by atoms with Crippen LogP contribution < -0.4 is 0 Å². The number of hydrogen-bond acceptors (Lipinski definition) is 2. The Morgan fingerprint density at radius 3 is 2.43 bits per heavy atom. The average molecular weight is 613 g/mol. The number of nitrogens with zero attached hydrogens (tertiary/aromatic N) is 4. The van der Waals surface area contributed by atoms with E-state index >= 15 is 0 Å². The third kappa shape index (κ3) is 5.56. The van der Waals surface area contributed by atoms with Crippen LogP contribution in [-0.2, 0) is 13.6 Å². The number of imidazole rings is 2. The van der Waals surface area contributed by atoms with Crippen LogP contribution >= 0.6 is 0 Å². The minimum Gasteiger partial charge on any atom is -0.444 e. The van der Waals surface area contributed by atoms with Gasteiger partial charge in [0.05, 0.1) is 11.0 Å². The van der Waals surface area contributed by atoms with E-state index in [2.05, 4.69) is 119 Å². The van der Waals surface area contributed by atoms with Gasteiger partial charge in [-0.2, -0.15) is 0 Å². The fraction of sp³-hybridized carbons (Fsp3) is 0.188. The number of para-hydroxylation sites is 2. The van der Waals surface area contributed by atoms with Gasteiger partial charge in [0, 0.05) is 66.8 Å². The Bertz CT molecular complexity index is 1620. The number of rotatable bonds is 4. The normalized spacial score (nSPS) is 12.9. The summed E-state index contributed by atoms with van der Waals surface area (Å²) in [5, 5.41) is 0. The molecule has 4 nitrogen and oxygen atoms in total. The van der Waals surface area contributed by atoms with Crippen molar-refractivity contribution < 1.29 is 41.3 Å². The molecule has 2 heterocycles. The first-order valence-electron chi connectivity index (χ1n) is 12.6. The number of allylic oxidation sites excluding steroid dienone is 6. The van der Waals surface area contributed by atoms with E-state index in [1.807, 2.05) is 19.9 Å². The van der Waals surface area contributed by atoms with Crippen LogP contribution in [0.4, 0.5) is 0 Å². The van der Waals surface area contributed by atoms with Crippen LogP contribution in [0.25, 0.3) is 39.0 Å². The fourth-order valence-electron chi connectivity index (χ4n) is 4.74. The van der Waals surface area contributed by atoms with Crippen molar-refractivity contribution in [3.05, 3.63) is 114 Å². The molecule has 0 fully saturated rings. The summed E-state index contributed by atoms with van der Waals surface area (Å²) >= 11 is 0. The molecule has 0 N–H and O–H groups in total. The van der Waals surface area contributed by atoms with Gasteiger partial charge in [-0.05, 0) is 35.3 Å². The molecule has 1 radical (unpaired) electrons. The van der Waals surface area contributed by atoms with Gasteiger partial charge in [-0.15, -0.1) is 0 Å². The minimum absolute atomic E-state index is 0. The van der Waals surface area contributed by atoms with Crippen LogP contribution in [-0.4, -0.2) is 19.1 Å². The van der Waals surface area contributed by atoms with Gasteiger partial charge in [-0.25, -0.2) is 4.98 Å². The fourth-order valence-corrected chi connectivity index (χ4v) is 4.74. The summed E-state index contributed by atoms with van der Waals surface area (Å²) in [6, 6.07) is 23.1. The van der Waals surface area contributed by atoms with E-state index in [0.29, 0.717) is 0 Å². The van der Waals surface area contributed by atoms with Crippen molar-refractivity contribution in [2.45, 2.75) is 33.7 Å². The first-order valence-corrected chi connectivity index (χ1v) is 12.6. The largest absolute Gasteiger partial charge is 0.444 e. The second-order valence-corrected chi connectivity index (χ2v) is 8.86. The molecule has 0 atom stereocenters. The molecule has 6 rings (SSSR count). The predicted octanol–water partition coefficient (Wildman–Crippen LogP) is 7.69. The third-order valence-corrected chi connectivity index (χ3v) is 6.54. The van der Waals surface area contributed by atoms with Crippen LogP contribution in [0.1, 0.15) is 31.4 Å². The molecule has 5 heteroatoms. The topological polar surface area (TPSA) is 35.6 Å². The second-order valence-electron chi connectivity index (χ2n) is 8.86. The molecule has 1 aliphatic rings. The van der Waals surface area contributed by atoms with Gasteiger partial charge >= 0.3 is 0 Å². The maximum absolute atomic E-state index is 4.90. The molecule has 2 aromatic heterocycles. The molecule has 3 aromatic carbocycles. The maximum atomic E-state index is 4.90. The molecule has 0 aliphatic heterocycles. The van der Waals surface area contributed by atoms with Gasteiger partial charge < -0.3 is 14.1 Å². The van der Waals surface area contributed by atoms with Crippen molar-refractivity contribution in [1.29, 1.82) is 0 Å². The van der Waals surface area contributed by atoms with E-state index in [9.17, 15) is 0 Å². The quantitative estimate of drug-likeness (QED) is 0.195. The standard InChI is InChI=1S/C30H25N4.C2H6.Pr/c1-21-17-25(30-32-26-13-6-7-14-27(26)33(30)2)18-28-29(21)31-20-34(28)19-22-9-8-12-24(16-15-22)23-10-4-3-5-11-23;1-2;/h3-8,10-18H,9,19H2,1-2H3;1-2H3;/q-1;;. The Kier molecular flexibility index (Phi) is 8.94. The first kappa shape index (κ1) is 27.2. The average Bonchev–Trinajstić information content (AvgIpc) is 3.38. The van der Waals surface area contributed by atoms with Gasteiger partial charge in [-0.1, -0.05) is 116 Å². The number of aromatic nitrogens is 4. The van der Waals surface area contributed by atoms with Gasteiger partial charge in [0.1, 0.15) is 5.82 Å². The van der Waals surface area contributed by atoms with Crippen molar-refractivity contribution >= 4 is 27.6 Å². The molecular weight excluding hydrogens is 581 g/mol. The van der Waals surface area contributed by atoms with Crippen molar-refractivity contribution in [1.82, 2.24) is 19.1 Å². The molecule has 0 saturated heterocycles. The summed E-state index contributed by atoms with van der Waals surface area (Å²) in [5.74, 6) is 0.964. The molecule has 0 bridgehead atoms. The molecule has 183 valence electrons. The monoisotopic (exact) mass is 612 g/mol. The summed E-state index contributed by atoms with van der Waals surface area (Å²) in [5.41, 5.74) is 10.2. The van der Waals surface area contributed by atoms with Crippen LogP contribution in [0.3, 0.4) is 0 Å². The van der Waals surface area contributed by atoms with E-state index in [1.54, 1.807) is 0 Å². The molecule has 5 aromatic rings. The molecule has 0 amide bonds. The molecule has 1 aliphatic carbocycles. The summed E-state index contributed by atoms with van der Waals surface area (Å²) in [4.78, 5) is 9.52. The van der Waals surface area contributed by atoms with Crippen molar-refractivity contribution in [2.75, 3.05) is 0 Å². The number of hydrogen-bond donors (Lipinski definition) is 0. The van der Waals surface area contributed by atoms with Crippen LogP contribution in [0.2, 0.25) is 0 Å². The number of benzene rings is 3. The van der Waals surface area contributed by atoms with Gasteiger partial charge in [0.25, 0.3) is 0 Å². The van der Waals surface area contributed by atoms with E-state index in [-0.39, 0.29) is 41.3 Å². The van der Waals surface area contributed by atoms with E-state index in [0.717, 1.165) is 52.0 Å². The SMILES string of the molecule is CC.Cc1cc(-c2nc3ccccc3n2C)cc2c1n[c-]n2CC1=CC=C(c2ccccc2)C=CC1.[Pr]. The Hall–Kier alpha value is -2.82. The van der Waals surface area contributed by atoms with Gasteiger partial charge in [-0.3, -0.25) is 0 Å². The smallest absolute Gasteiger partial charge is 0.139 e. The Labute approximate surface area is 252 Å². The third-order valence-electron chi connectivity index (χ3n) is 6.54. The number of fused-ring (bicyclic) bond motifs is 2. The van der Waals surface area contributed by atoms with Crippen molar-refractivity contribution in [3.63, 3.8) is 0 Å². The molecule has 0 spiro atoms. The zero-order valence-corrected chi connectivity index (χ0v) is 25.6. The van der Waals surface area contributed by atoms with Crippen LogP contribution in [0.5, 0.6) is 0 Å². The Balaban J connectivity index is 0.00000104. The Morgan fingerprint density at radius 1 is 0.892 bits per heavy atom. The van der Waals surface area contributed by atoms with E-state index in [1.165, 1.54) is 16.7 Å². The molecular formula is C32H31N4Pr-. The van der Waals surface area contributed by atoms with Crippen LogP contribution in [0.15, 0.2) is 96.6 Å². The molecule has 0 saturated carbocycles. The second kappa shape index (κ2) is 12.2. The van der Waals surface area contributed by atoms with Crippen molar-refractivity contribution in [2.24, 2.45) is 7.05 Å². The van der Waals surface area contributed by atoms with Gasteiger partial charge in [0.2, 0.25) is 0 Å². The van der Waals surface area contributed by atoms with Crippen LogP contribution in [0, 0.1) is 54.5 Å². The first-order chi connectivity index (χ1) is 17.7. The Morgan fingerprint density at radius 2 is 1.65 bits per heavy atom. The number of aryl methyl sites for hydroxylation is 2.